The first-order chi connectivity index (χ1) is 23.8. The Kier molecular flexibility index (Phi) is 10.2. The number of likely N-dealkylation sites (tertiary alicyclic amines) is 1. The topological polar surface area (TPSA) is 112 Å². The van der Waals surface area contributed by atoms with Crippen LogP contribution in [0.15, 0.2) is 76.0 Å². The summed E-state index contributed by atoms with van der Waals surface area (Å²) < 4.78 is 86.6. The maximum atomic E-state index is 14.1. The van der Waals surface area contributed by atoms with E-state index in [4.69, 9.17) is 9.15 Å². The number of piperidine rings is 1. The lowest BCUT2D eigenvalue weighted by Crippen LogP contribution is -2.48. The Morgan fingerprint density at radius 2 is 1.50 bits per heavy atom. The highest BCUT2D eigenvalue weighted by Crippen LogP contribution is 2.30. The lowest BCUT2D eigenvalue weighted by atomic mass is 10.0. The number of rotatable bonds is 9. The highest BCUT2D eigenvalue weighted by molar-refractivity contribution is 7.92. The largest absolute Gasteiger partial charge is 0.501 e. The first-order valence-corrected chi connectivity index (χ1v) is 17.6. The molecule has 0 unspecified atom stereocenters. The highest BCUT2D eigenvalue weighted by Gasteiger charge is 2.46. The van der Waals surface area contributed by atoms with Crippen LogP contribution in [0.25, 0.3) is 11.0 Å². The standard InChI is InChI=1S/C35H36F4N4O6S/c1-48-31-8-4-24(18-29(31)36)22-41-12-10-27(11-13-41)40-33(44)32-20-26-19-25(5-9-30(26)49-32)34(45)43-16-14-42(15-17-43)21-23-2-6-28(7-3-23)50(46,47)35(37,38)39/h2-9,18-20,27H,10-17,21-22H2,1H3,(H,40,44). The molecule has 1 aromatic heterocycles. The monoisotopic (exact) mass is 716 g/mol. The molecule has 3 aromatic carbocycles. The molecule has 2 aliphatic heterocycles. The molecule has 2 aliphatic rings. The van der Waals surface area contributed by atoms with Gasteiger partial charge in [-0.05, 0) is 72.5 Å². The van der Waals surface area contributed by atoms with E-state index >= 15 is 0 Å². The number of ether oxygens (including phenoxy) is 1. The average molecular weight is 717 g/mol. The Morgan fingerprint density at radius 1 is 0.860 bits per heavy atom. The predicted molar refractivity (Wildman–Crippen MR) is 176 cm³/mol. The van der Waals surface area contributed by atoms with Gasteiger partial charge in [-0.2, -0.15) is 13.2 Å². The van der Waals surface area contributed by atoms with Gasteiger partial charge < -0.3 is 19.4 Å². The highest BCUT2D eigenvalue weighted by atomic mass is 32.2. The molecule has 10 nitrogen and oxygen atoms in total. The summed E-state index contributed by atoms with van der Waals surface area (Å²) in [6.07, 6.45) is 1.46. The van der Waals surface area contributed by atoms with Crippen molar-refractivity contribution in [3.8, 4) is 5.75 Å². The number of amides is 2. The Hall–Kier alpha value is -4.47. The predicted octanol–water partition coefficient (Wildman–Crippen LogP) is 5.23. The SMILES string of the molecule is COc1ccc(CN2CCC(NC(=O)c3cc4cc(C(=O)N5CCN(Cc6ccc(S(=O)(=O)C(F)(F)F)cc6)CC5)ccc4o3)CC2)cc1F. The van der Waals surface area contributed by atoms with Gasteiger partial charge in [-0.15, -0.1) is 0 Å². The fourth-order valence-corrected chi connectivity index (χ4v) is 7.07. The number of benzene rings is 3. The van der Waals surface area contributed by atoms with E-state index in [0.717, 1.165) is 43.6 Å². The second kappa shape index (κ2) is 14.4. The zero-order valence-corrected chi connectivity index (χ0v) is 28.0. The summed E-state index contributed by atoms with van der Waals surface area (Å²) in [5.41, 5.74) is -2.92. The zero-order chi connectivity index (χ0) is 35.6. The number of piperazine rings is 1. The van der Waals surface area contributed by atoms with E-state index in [1.54, 1.807) is 35.2 Å². The number of furan rings is 1. The normalized spacial score (nSPS) is 16.9. The molecule has 0 saturated carbocycles. The first-order valence-electron chi connectivity index (χ1n) is 16.1. The van der Waals surface area contributed by atoms with E-state index in [0.29, 0.717) is 61.4 Å². The number of halogens is 4. The van der Waals surface area contributed by atoms with Gasteiger partial charge in [0.05, 0.1) is 12.0 Å². The van der Waals surface area contributed by atoms with Crippen LogP contribution in [-0.4, -0.2) is 92.9 Å². The van der Waals surface area contributed by atoms with Crippen molar-refractivity contribution in [2.45, 2.75) is 42.4 Å². The second-order valence-electron chi connectivity index (χ2n) is 12.5. The molecule has 0 radical (unpaired) electrons. The van der Waals surface area contributed by atoms with Gasteiger partial charge in [0.15, 0.2) is 17.3 Å². The number of nitrogens with zero attached hydrogens (tertiary/aromatic N) is 3. The van der Waals surface area contributed by atoms with E-state index in [9.17, 15) is 35.6 Å². The molecule has 2 amide bonds. The van der Waals surface area contributed by atoms with Crippen LogP contribution in [0.3, 0.4) is 0 Å². The van der Waals surface area contributed by atoms with Crippen LogP contribution in [0.2, 0.25) is 0 Å². The van der Waals surface area contributed by atoms with Crippen molar-refractivity contribution in [2.75, 3.05) is 46.4 Å². The molecule has 0 spiro atoms. The zero-order valence-electron chi connectivity index (χ0n) is 27.2. The smallest absolute Gasteiger partial charge is 0.494 e. The summed E-state index contributed by atoms with van der Waals surface area (Å²) in [5, 5.41) is 3.67. The van der Waals surface area contributed by atoms with Gasteiger partial charge in [-0.25, -0.2) is 12.8 Å². The maximum absolute atomic E-state index is 14.1. The third-order valence-corrected chi connectivity index (χ3v) is 10.6. The van der Waals surface area contributed by atoms with Crippen LogP contribution < -0.4 is 10.1 Å². The molecule has 15 heteroatoms. The molecule has 4 aromatic rings. The number of alkyl halides is 3. The molecule has 2 fully saturated rings. The van der Waals surface area contributed by atoms with Crippen LogP contribution in [0, 0.1) is 5.82 Å². The van der Waals surface area contributed by atoms with Crippen molar-refractivity contribution in [2.24, 2.45) is 0 Å². The van der Waals surface area contributed by atoms with Crippen molar-refractivity contribution in [3.63, 3.8) is 0 Å². The average Bonchev–Trinajstić information content (AvgIpc) is 3.53. The molecule has 2 saturated heterocycles. The van der Waals surface area contributed by atoms with Gasteiger partial charge in [-0.1, -0.05) is 18.2 Å². The quantitative estimate of drug-likeness (QED) is 0.235. The van der Waals surface area contributed by atoms with E-state index in [2.05, 4.69) is 10.2 Å². The van der Waals surface area contributed by atoms with Gasteiger partial charge >= 0.3 is 5.51 Å². The van der Waals surface area contributed by atoms with E-state index < -0.39 is 26.1 Å². The molecule has 0 bridgehead atoms. The van der Waals surface area contributed by atoms with Gasteiger partial charge in [0, 0.05) is 69.3 Å². The number of nitrogens with one attached hydrogen (secondary N) is 1. The Bertz CT molecular complexity index is 1970. The number of hydrogen-bond donors (Lipinski definition) is 1. The molecule has 0 atom stereocenters. The Balaban J connectivity index is 0.983. The van der Waals surface area contributed by atoms with E-state index in [1.165, 1.54) is 25.3 Å². The number of fused-ring (bicyclic) bond motifs is 1. The van der Waals surface area contributed by atoms with Gasteiger partial charge in [0.2, 0.25) is 0 Å². The van der Waals surface area contributed by atoms with Crippen LogP contribution in [0.4, 0.5) is 17.6 Å². The minimum absolute atomic E-state index is 0.0414. The van der Waals surface area contributed by atoms with Crippen LogP contribution in [0.5, 0.6) is 5.75 Å². The fourth-order valence-electron chi connectivity index (χ4n) is 6.30. The lowest BCUT2D eigenvalue weighted by molar-refractivity contribution is -0.0436. The molecule has 1 N–H and O–H groups in total. The summed E-state index contributed by atoms with van der Waals surface area (Å²) in [4.78, 5) is 31.5. The van der Waals surface area contributed by atoms with Crippen LogP contribution in [0.1, 0.15) is 44.9 Å². The number of carbonyl (C=O) groups excluding carboxylic acids is 2. The molecule has 6 rings (SSSR count). The summed E-state index contributed by atoms with van der Waals surface area (Å²) in [5.74, 6) is -0.548. The number of methoxy groups -OCH3 is 1. The summed E-state index contributed by atoms with van der Waals surface area (Å²) in [6.45, 7) is 4.36. The minimum atomic E-state index is -5.40. The molecule has 0 aliphatic carbocycles. The van der Waals surface area contributed by atoms with E-state index in [1.807, 2.05) is 11.0 Å². The number of sulfone groups is 1. The Morgan fingerprint density at radius 3 is 2.14 bits per heavy atom. The first kappa shape index (κ1) is 35.4. The summed E-state index contributed by atoms with van der Waals surface area (Å²) in [7, 11) is -3.97. The van der Waals surface area contributed by atoms with Gasteiger partial charge in [-0.3, -0.25) is 19.4 Å². The minimum Gasteiger partial charge on any atom is -0.494 e. The van der Waals surface area contributed by atoms with Crippen molar-refractivity contribution < 1.29 is 44.7 Å². The second-order valence-corrected chi connectivity index (χ2v) is 14.5. The Labute approximate surface area is 286 Å². The van der Waals surface area contributed by atoms with Crippen molar-refractivity contribution >= 4 is 32.6 Å². The maximum Gasteiger partial charge on any atom is 0.501 e. The van der Waals surface area contributed by atoms with Crippen molar-refractivity contribution in [1.82, 2.24) is 20.0 Å². The lowest BCUT2D eigenvalue weighted by Gasteiger charge is -2.34. The summed E-state index contributed by atoms with van der Waals surface area (Å²) in [6, 6.07) is 16.2. The van der Waals surface area contributed by atoms with Crippen molar-refractivity contribution in [1.29, 1.82) is 0 Å². The van der Waals surface area contributed by atoms with Gasteiger partial charge in [0.25, 0.3) is 21.7 Å². The molecule has 50 heavy (non-hydrogen) atoms. The summed E-state index contributed by atoms with van der Waals surface area (Å²) >= 11 is 0. The van der Waals surface area contributed by atoms with Crippen LogP contribution in [-0.2, 0) is 22.9 Å². The molecular weight excluding hydrogens is 680 g/mol. The van der Waals surface area contributed by atoms with Gasteiger partial charge in [0.1, 0.15) is 5.58 Å². The third-order valence-electron chi connectivity index (χ3n) is 9.14. The third kappa shape index (κ3) is 7.79. The van der Waals surface area contributed by atoms with E-state index in [-0.39, 0.29) is 29.4 Å². The van der Waals surface area contributed by atoms with Crippen molar-refractivity contribution in [3.05, 3.63) is 95.0 Å². The molecule has 3 heterocycles. The number of hydrogen-bond acceptors (Lipinski definition) is 8. The molecule has 266 valence electrons. The fraction of sp³-hybridized carbons (Fsp3) is 0.371. The molecular formula is C35H36F4N4O6S. The number of carbonyl (C=O) groups is 2. The van der Waals surface area contributed by atoms with Crippen LogP contribution >= 0.6 is 0 Å².